The van der Waals surface area contributed by atoms with E-state index in [-0.39, 0.29) is 0 Å². The summed E-state index contributed by atoms with van der Waals surface area (Å²) in [6.45, 7) is 11.3. The Morgan fingerprint density at radius 2 is 2.30 bits per heavy atom. The van der Waals surface area contributed by atoms with Gasteiger partial charge in [0, 0.05) is 48.8 Å². The standard InChI is InChI=1S/C15H26N4S/c1-11(2)16-7-14-8-17-15(20-14)19-10-13-5-4-6-18(13)9-12(19)3/h8,11-13,16H,4-7,9-10H2,1-3H3. The summed E-state index contributed by atoms with van der Waals surface area (Å²) in [7, 11) is 0. The molecule has 0 bridgehead atoms. The summed E-state index contributed by atoms with van der Waals surface area (Å²) in [5.41, 5.74) is 0. The van der Waals surface area contributed by atoms with Gasteiger partial charge in [-0.3, -0.25) is 4.90 Å². The van der Waals surface area contributed by atoms with Crippen LogP contribution >= 0.6 is 11.3 Å². The Balaban J connectivity index is 1.66. The zero-order chi connectivity index (χ0) is 14.1. The molecule has 20 heavy (non-hydrogen) atoms. The number of nitrogens with one attached hydrogen (secondary N) is 1. The van der Waals surface area contributed by atoms with Crippen LogP contribution in [-0.4, -0.2) is 47.6 Å². The van der Waals surface area contributed by atoms with Crippen molar-refractivity contribution in [1.29, 1.82) is 0 Å². The molecule has 112 valence electrons. The second-order valence-corrected chi connectivity index (χ2v) is 7.53. The molecule has 0 aliphatic carbocycles. The van der Waals surface area contributed by atoms with Crippen LogP contribution in [0.4, 0.5) is 5.13 Å². The zero-order valence-electron chi connectivity index (χ0n) is 12.8. The first-order chi connectivity index (χ1) is 9.63. The van der Waals surface area contributed by atoms with E-state index >= 15 is 0 Å². The van der Waals surface area contributed by atoms with Crippen molar-refractivity contribution in [1.82, 2.24) is 15.2 Å². The molecule has 2 atom stereocenters. The van der Waals surface area contributed by atoms with E-state index in [1.165, 1.54) is 35.9 Å². The molecule has 2 saturated heterocycles. The SMILES string of the molecule is CC(C)NCc1cnc(N2CC3CCCN3CC2C)s1. The van der Waals surface area contributed by atoms with Gasteiger partial charge in [0.15, 0.2) is 5.13 Å². The lowest BCUT2D eigenvalue weighted by atomic mass is 10.1. The van der Waals surface area contributed by atoms with Gasteiger partial charge in [-0.15, -0.1) is 11.3 Å². The summed E-state index contributed by atoms with van der Waals surface area (Å²) >= 11 is 1.85. The van der Waals surface area contributed by atoms with Crippen molar-refractivity contribution in [2.75, 3.05) is 24.5 Å². The zero-order valence-corrected chi connectivity index (χ0v) is 13.6. The number of anilines is 1. The van der Waals surface area contributed by atoms with Gasteiger partial charge < -0.3 is 10.2 Å². The van der Waals surface area contributed by atoms with E-state index in [2.05, 4.69) is 40.9 Å². The molecule has 1 aromatic rings. The number of hydrogen-bond acceptors (Lipinski definition) is 5. The predicted octanol–water partition coefficient (Wildman–Crippen LogP) is 2.31. The van der Waals surface area contributed by atoms with Crippen molar-refractivity contribution in [3.63, 3.8) is 0 Å². The molecule has 2 fully saturated rings. The number of hydrogen-bond donors (Lipinski definition) is 1. The van der Waals surface area contributed by atoms with Crippen LogP contribution in [-0.2, 0) is 6.54 Å². The van der Waals surface area contributed by atoms with Crippen LogP contribution in [0.25, 0.3) is 0 Å². The van der Waals surface area contributed by atoms with E-state index in [0.717, 1.165) is 19.1 Å². The Bertz CT molecular complexity index is 445. The Morgan fingerprint density at radius 1 is 1.45 bits per heavy atom. The highest BCUT2D eigenvalue weighted by molar-refractivity contribution is 7.15. The van der Waals surface area contributed by atoms with Crippen LogP contribution in [0.15, 0.2) is 6.20 Å². The van der Waals surface area contributed by atoms with Crippen LogP contribution < -0.4 is 10.2 Å². The Hall–Kier alpha value is -0.650. The van der Waals surface area contributed by atoms with Gasteiger partial charge in [0.05, 0.1) is 0 Å². The minimum absolute atomic E-state index is 0.529. The largest absolute Gasteiger partial charge is 0.343 e. The smallest absolute Gasteiger partial charge is 0.185 e. The monoisotopic (exact) mass is 294 g/mol. The number of thiazole rings is 1. The predicted molar refractivity (Wildman–Crippen MR) is 85.5 cm³/mol. The molecule has 2 unspecified atom stereocenters. The van der Waals surface area contributed by atoms with Crippen LogP contribution in [0.3, 0.4) is 0 Å². The third-order valence-electron chi connectivity index (χ3n) is 4.41. The first kappa shape index (κ1) is 14.3. The summed E-state index contributed by atoms with van der Waals surface area (Å²) in [4.78, 5) is 11.2. The summed E-state index contributed by atoms with van der Waals surface area (Å²) in [6.07, 6.45) is 4.77. The molecule has 3 heterocycles. The minimum Gasteiger partial charge on any atom is -0.343 e. The van der Waals surface area contributed by atoms with E-state index in [1.807, 2.05) is 17.5 Å². The van der Waals surface area contributed by atoms with Crippen molar-refractivity contribution >= 4 is 16.5 Å². The molecule has 3 rings (SSSR count). The van der Waals surface area contributed by atoms with Crippen LogP contribution in [0.1, 0.15) is 38.5 Å². The van der Waals surface area contributed by atoms with Crippen molar-refractivity contribution in [3.05, 3.63) is 11.1 Å². The van der Waals surface area contributed by atoms with E-state index < -0.39 is 0 Å². The second-order valence-electron chi connectivity index (χ2n) is 6.44. The second kappa shape index (κ2) is 6.00. The third kappa shape index (κ3) is 3.00. The Kier molecular flexibility index (Phi) is 4.29. The third-order valence-corrected chi connectivity index (χ3v) is 5.44. The van der Waals surface area contributed by atoms with Gasteiger partial charge in [0.25, 0.3) is 0 Å². The molecule has 1 aromatic heterocycles. The van der Waals surface area contributed by atoms with Crippen molar-refractivity contribution < 1.29 is 0 Å². The van der Waals surface area contributed by atoms with E-state index in [4.69, 9.17) is 0 Å². The molecule has 4 nitrogen and oxygen atoms in total. The summed E-state index contributed by atoms with van der Waals surface area (Å²) < 4.78 is 0. The molecule has 2 aliphatic heterocycles. The van der Waals surface area contributed by atoms with E-state index in [1.54, 1.807) is 0 Å². The number of nitrogens with zero attached hydrogens (tertiary/aromatic N) is 3. The molecule has 0 spiro atoms. The minimum atomic E-state index is 0.529. The van der Waals surface area contributed by atoms with Crippen molar-refractivity contribution in [2.45, 2.75) is 58.3 Å². The number of rotatable bonds is 4. The fourth-order valence-electron chi connectivity index (χ4n) is 3.27. The highest BCUT2D eigenvalue weighted by Crippen LogP contribution is 2.31. The highest BCUT2D eigenvalue weighted by atomic mass is 32.1. The summed E-state index contributed by atoms with van der Waals surface area (Å²) in [6, 6.07) is 1.87. The fraction of sp³-hybridized carbons (Fsp3) is 0.800. The van der Waals surface area contributed by atoms with Crippen LogP contribution in [0, 0.1) is 0 Å². The molecule has 0 amide bonds. The number of fused-ring (bicyclic) bond motifs is 1. The average Bonchev–Trinajstić information content (AvgIpc) is 3.03. The molecule has 5 heteroatoms. The molecule has 0 aromatic carbocycles. The topological polar surface area (TPSA) is 31.4 Å². The molecule has 2 aliphatic rings. The quantitative estimate of drug-likeness (QED) is 0.923. The lowest BCUT2D eigenvalue weighted by Crippen LogP contribution is -2.55. The van der Waals surface area contributed by atoms with Crippen LogP contribution in [0.2, 0.25) is 0 Å². The van der Waals surface area contributed by atoms with Gasteiger partial charge in [-0.25, -0.2) is 4.98 Å². The first-order valence-corrected chi connectivity index (χ1v) is 8.64. The van der Waals surface area contributed by atoms with Gasteiger partial charge in [0.2, 0.25) is 0 Å². The van der Waals surface area contributed by atoms with Gasteiger partial charge in [-0.2, -0.15) is 0 Å². The lowest BCUT2D eigenvalue weighted by molar-refractivity contribution is 0.203. The van der Waals surface area contributed by atoms with Crippen molar-refractivity contribution in [2.24, 2.45) is 0 Å². The lowest BCUT2D eigenvalue weighted by Gasteiger charge is -2.42. The van der Waals surface area contributed by atoms with Crippen molar-refractivity contribution in [3.8, 4) is 0 Å². The van der Waals surface area contributed by atoms with Gasteiger partial charge in [-0.05, 0) is 26.3 Å². The van der Waals surface area contributed by atoms with E-state index in [9.17, 15) is 0 Å². The maximum absolute atomic E-state index is 4.67. The average molecular weight is 294 g/mol. The summed E-state index contributed by atoms with van der Waals surface area (Å²) in [5.74, 6) is 0. The maximum atomic E-state index is 4.67. The Morgan fingerprint density at radius 3 is 3.10 bits per heavy atom. The van der Waals surface area contributed by atoms with E-state index in [0.29, 0.717) is 12.1 Å². The molecular formula is C15H26N4S. The normalized spacial score (nSPS) is 27.3. The van der Waals surface area contributed by atoms with Crippen LogP contribution in [0.5, 0.6) is 0 Å². The Labute approximate surface area is 126 Å². The molecule has 0 saturated carbocycles. The first-order valence-electron chi connectivity index (χ1n) is 7.82. The number of aromatic nitrogens is 1. The number of piperazine rings is 1. The molecule has 0 radical (unpaired) electrons. The van der Waals surface area contributed by atoms with Gasteiger partial charge in [-0.1, -0.05) is 13.8 Å². The highest BCUT2D eigenvalue weighted by Gasteiger charge is 2.35. The van der Waals surface area contributed by atoms with Gasteiger partial charge in [0.1, 0.15) is 0 Å². The molecule has 1 N–H and O–H groups in total. The summed E-state index contributed by atoms with van der Waals surface area (Å²) in [5, 5.41) is 4.68. The maximum Gasteiger partial charge on any atom is 0.185 e. The molecular weight excluding hydrogens is 268 g/mol. The van der Waals surface area contributed by atoms with Gasteiger partial charge >= 0.3 is 0 Å². The fourth-order valence-corrected chi connectivity index (χ4v) is 4.24.